The molecule has 1 saturated carbocycles. The largest absolute Gasteiger partial charge is 0.330 e. The van der Waals surface area contributed by atoms with E-state index in [-0.39, 0.29) is 0 Å². The normalized spacial score (nSPS) is 27.5. The molecule has 1 heterocycles. The molecule has 1 aliphatic rings. The van der Waals surface area contributed by atoms with Crippen molar-refractivity contribution >= 4 is 0 Å². The lowest BCUT2D eigenvalue weighted by atomic mass is 10.3. The van der Waals surface area contributed by atoms with Crippen molar-refractivity contribution in [1.29, 1.82) is 0 Å². The van der Waals surface area contributed by atoms with E-state index in [1.165, 1.54) is 6.42 Å². The van der Waals surface area contributed by atoms with Crippen LogP contribution in [0.25, 0.3) is 0 Å². The van der Waals surface area contributed by atoms with Crippen molar-refractivity contribution in [3.63, 3.8) is 0 Å². The van der Waals surface area contributed by atoms with E-state index in [1.807, 2.05) is 4.68 Å². The van der Waals surface area contributed by atoms with Crippen LogP contribution in [0, 0.1) is 5.92 Å². The molecule has 0 amide bonds. The maximum Gasteiger partial charge on any atom is 0.138 e. The minimum absolute atomic E-state index is 0.581. The van der Waals surface area contributed by atoms with E-state index in [1.54, 1.807) is 6.33 Å². The van der Waals surface area contributed by atoms with Gasteiger partial charge in [0.05, 0.1) is 0 Å². The van der Waals surface area contributed by atoms with E-state index >= 15 is 0 Å². The first-order chi connectivity index (χ1) is 5.86. The standard InChI is InChI=1S/C8H14N4/c1-2-12-8(10-5-11-12)7-3-6(7)4-9/h5-7H,2-4,9H2,1H3/t6-,7+/m0/s1. The van der Waals surface area contributed by atoms with Crippen molar-refractivity contribution in [3.05, 3.63) is 12.2 Å². The van der Waals surface area contributed by atoms with Crippen LogP contribution in [0.15, 0.2) is 6.33 Å². The van der Waals surface area contributed by atoms with Crippen LogP contribution in [0.2, 0.25) is 0 Å². The zero-order valence-electron chi connectivity index (χ0n) is 7.27. The number of rotatable bonds is 3. The molecule has 4 nitrogen and oxygen atoms in total. The third kappa shape index (κ3) is 1.12. The highest BCUT2D eigenvalue weighted by Crippen LogP contribution is 2.45. The van der Waals surface area contributed by atoms with Gasteiger partial charge in [-0.25, -0.2) is 4.98 Å². The van der Waals surface area contributed by atoms with Gasteiger partial charge >= 0.3 is 0 Å². The lowest BCUT2D eigenvalue weighted by Gasteiger charge is -2.00. The van der Waals surface area contributed by atoms with Crippen LogP contribution in [0.4, 0.5) is 0 Å². The molecule has 1 aromatic heterocycles. The second-order valence-electron chi connectivity index (χ2n) is 3.27. The summed E-state index contributed by atoms with van der Waals surface area (Å²) < 4.78 is 1.96. The maximum atomic E-state index is 5.56. The predicted octanol–water partition coefficient (Wildman–Crippen LogP) is 0.360. The molecule has 0 aliphatic heterocycles. The zero-order chi connectivity index (χ0) is 8.55. The number of nitrogens with zero attached hydrogens (tertiary/aromatic N) is 3. The third-order valence-corrected chi connectivity index (χ3v) is 2.50. The fourth-order valence-electron chi connectivity index (χ4n) is 1.63. The molecular formula is C8H14N4. The van der Waals surface area contributed by atoms with E-state index in [0.717, 1.165) is 18.9 Å². The molecule has 1 aliphatic carbocycles. The van der Waals surface area contributed by atoms with Gasteiger partial charge in [-0.05, 0) is 25.8 Å². The molecular weight excluding hydrogens is 152 g/mol. The molecule has 0 spiro atoms. The highest BCUT2D eigenvalue weighted by Gasteiger charge is 2.40. The van der Waals surface area contributed by atoms with Gasteiger partial charge in [0.25, 0.3) is 0 Å². The number of aryl methyl sites for hydroxylation is 1. The lowest BCUT2D eigenvalue weighted by Crippen LogP contribution is -2.06. The SMILES string of the molecule is CCn1ncnc1[C@@H]1C[C@H]1CN. The van der Waals surface area contributed by atoms with Crippen molar-refractivity contribution in [2.24, 2.45) is 11.7 Å². The van der Waals surface area contributed by atoms with Gasteiger partial charge in [-0.2, -0.15) is 5.10 Å². The van der Waals surface area contributed by atoms with Gasteiger partial charge in [-0.1, -0.05) is 0 Å². The second kappa shape index (κ2) is 2.86. The molecule has 1 aromatic rings. The molecule has 2 atom stereocenters. The number of hydrogen-bond acceptors (Lipinski definition) is 3. The van der Waals surface area contributed by atoms with Crippen molar-refractivity contribution in [2.45, 2.75) is 25.8 Å². The summed E-state index contributed by atoms with van der Waals surface area (Å²) in [5.74, 6) is 2.35. The van der Waals surface area contributed by atoms with Gasteiger partial charge in [-0.3, -0.25) is 4.68 Å². The fourth-order valence-corrected chi connectivity index (χ4v) is 1.63. The maximum absolute atomic E-state index is 5.56. The first kappa shape index (κ1) is 7.73. The average Bonchev–Trinajstić information content (AvgIpc) is 2.74. The van der Waals surface area contributed by atoms with Gasteiger partial charge in [0.1, 0.15) is 12.2 Å². The highest BCUT2D eigenvalue weighted by atomic mass is 15.3. The molecule has 4 heteroatoms. The Morgan fingerprint density at radius 1 is 1.75 bits per heavy atom. The van der Waals surface area contributed by atoms with Crippen molar-refractivity contribution in [2.75, 3.05) is 6.54 Å². The first-order valence-corrected chi connectivity index (χ1v) is 4.44. The van der Waals surface area contributed by atoms with Crippen molar-refractivity contribution in [3.8, 4) is 0 Å². The van der Waals surface area contributed by atoms with E-state index < -0.39 is 0 Å². The van der Waals surface area contributed by atoms with Crippen molar-refractivity contribution < 1.29 is 0 Å². The molecule has 0 aromatic carbocycles. The van der Waals surface area contributed by atoms with Gasteiger partial charge < -0.3 is 5.73 Å². The summed E-state index contributed by atoms with van der Waals surface area (Å²) in [5.41, 5.74) is 5.56. The van der Waals surface area contributed by atoms with E-state index in [9.17, 15) is 0 Å². The van der Waals surface area contributed by atoms with Crippen molar-refractivity contribution in [1.82, 2.24) is 14.8 Å². The third-order valence-electron chi connectivity index (χ3n) is 2.50. The molecule has 66 valence electrons. The second-order valence-corrected chi connectivity index (χ2v) is 3.27. The van der Waals surface area contributed by atoms with Crippen LogP contribution in [-0.4, -0.2) is 21.3 Å². The van der Waals surface area contributed by atoms with E-state index in [4.69, 9.17) is 5.73 Å². The highest BCUT2D eigenvalue weighted by molar-refractivity contribution is 5.09. The fraction of sp³-hybridized carbons (Fsp3) is 0.750. The minimum Gasteiger partial charge on any atom is -0.330 e. The van der Waals surface area contributed by atoms with Crippen LogP contribution in [0.1, 0.15) is 25.1 Å². The average molecular weight is 166 g/mol. The van der Waals surface area contributed by atoms with Gasteiger partial charge in [-0.15, -0.1) is 0 Å². The number of hydrogen-bond donors (Lipinski definition) is 1. The summed E-state index contributed by atoms with van der Waals surface area (Å²) >= 11 is 0. The Morgan fingerprint density at radius 2 is 2.58 bits per heavy atom. The van der Waals surface area contributed by atoms with Gasteiger partial charge in [0.2, 0.25) is 0 Å². The van der Waals surface area contributed by atoms with Gasteiger partial charge in [0.15, 0.2) is 0 Å². The van der Waals surface area contributed by atoms with E-state index in [0.29, 0.717) is 11.8 Å². The Morgan fingerprint density at radius 3 is 3.17 bits per heavy atom. The van der Waals surface area contributed by atoms with Gasteiger partial charge in [0, 0.05) is 12.5 Å². The quantitative estimate of drug-likeness (QED) is 0.705. The Labute approximate surface area is 71.8 Å². The first-order valence-electron chi connectivity index (χ1n) is 4.44. The Bertz CT molecular complexity index is 268. The summed E-state index contributed by atoms with van der Waals surface area (Å²) in [6.45, 7) is 3.77. The van der Waals surface area contributed by atoms with Crippen LogP contribution in [0.5, 0.6) is 0 Å². The molecule has 0 bridgehead atoms. The monoisotopic (exact) mass is 166 g/mol. The Balaban J connectivity index is 2.13. The molecule has 2 N–H and O–H groups in total. The molecule has 2 rings (SSSR count). The Hall–Kier alpha value is -0.900. The summed E-state index contributed by atoms with van der Waals surface area (Å²) in [6.07, 6.45) is 2.82. The molecule has 1 fully saturated rings. The van der Waals surface area contributed by atoms with Crippen LogP contribution >= 0.6 is 0 Å². The lowest BCUT2D eigenvalue weighted by molar-refractivity contribution is 0.605. The predicted molar refractivity (Wildman–Crippen MR) is 45.6 cm³/mol. The number of aromatic nitrogens is 3. The van der Waals surface area contributed by atoms with Crippen LogP contribution in [-0.2, 0) is 6.54 Å². The zero-order valence-corrected chi connectivity index (χ0v) is 7.27. The van der Waals surface area contributed by atoms with Crippen LogP contribution < -0.4 is 5.73 Å². The summed E-state index contributed by atoms with van der Waals surface area (Å²) in [6, 6.07) is 0. The topological polar surface area (TPSA) is 56.7 Å². The summed E-state index contributed by atoms with van der Waals surface area (Å²) in [4.78, 5) is 4.24. The molecule has 0 unspecified atom stereocenters. The van der Waals surface area contributed by atoms with E-state index in [2.05, 4.69) is 17.0 Å². The summed E-state index contributed by atoms with van der Waals surface area (Å²) in [7, 11) is 0. The molecule has 0 radical (unpaired) electrons. The smallest absolute Gasteiger partial charge is 0.138 e. The summed E-state index contributed by atoms with van der Waals surface area (Å²) in [5, 5.41) is 4.13. The molecule has 0 saturated heterocycles. The van der Waals surface area contributed by atoms with Crippen LogP contribution in [0.3, 0.4) is 0 Å². The Kier molecular flexibility index (Phi) is 1.84. The number of nitrogens with two attached hydrogens (primary N) is 1. The molecule has 12 heavy (non-hydrogen) atoms. The minimum atomic E-state index is 0.581.